The third-order valence-corrected chi connectivity index (χ3v) is 7.67. The van der Waals surface area contributed by atoms with Crippen LogP contribution >= 0.6 is 0 Å². The number of nitrogens with one attached hydrogen (secondary N) is 2. The summed E-state index contributed by atoms with van der Waals surface area (Å²) in [4.78, 5) is 12.3. The van der Waals surface area contributed by atoms with Crippen LogP contribution in [0.25, 0.3) is 0 Å². The number of nitrogens with zero attached hydrogens (tertiary/aromatic N) is 2. The Labute approximate surface area is 260 Å². The molecule has 0 radical (unpaired) electrons. The molecule has 7 nitrogen and oxygen atoms in total. The van der Waals surface area contributed by atoms with Crippen molar-refractivity contribution in [2.75, 3.05) is 17.3 Å². The van der Waals surface area contributed by atoms with E-state index in [1.165, 1.54) is 18.9 Å². The first-order chi connectivity index (χ1) is 21.2. The minimum Gasteiger partial charge on any atom is -0.384 e. The van der Waals surface area contributed by atoms with Crippen molar-refractivity contribution in [3.8, 4) is 6.07 Å². The van der Waals surface area contributed by atoms with E-state index in [4.69, 9.17) is 16.9 Å². The van der Waals surface area contributed by atoms with Crippen molar-refractivity contribution in [2.45, 2.75) is 44.3 Å². The molecule has 11 heteroatoms. The Morgan fingerprint density at radius 3 is 2.40 bits per heavy atom. The number of amidine groups is 1. The van der Waals surface area contributed by atoms with Gasteiger partial charge in [0.15, 0.2) is 0 Å². The van der Waals surface area contributed by atoms with E-state index in [-0.39, 0.29) is 11.5 Å². The fraction of sp³-hybridized carbons (Fsp3) is 0.265. The van der Waals surface area contributed by atoms with E-state index in [0.29, 0.717) is 46.8 Å². The summed E-state index contributed by atoms with van der Waals surface area (Å²) in [5, 5.41) is 18.9. The standard InChI is InChI=1S/C20H20FN3O.C14H16F3N3/c21-18-7-6-17(11-19(18)24-13-25)20(23,9-8-14-4-5-14)16-3-1-2-15(10-16)12-22;1-9(14(15,16)17)7-10(2)20(3)12-6-4-5-11(8-12)13(18)19/h1-3,6-7,10-11,13-14H,4-5,8-9,23H2,(H,24,25);4-8H,1H2,2-3H3,(H3,18,19)/b;10-7-. The topological polar surface area (TPSA) is 132 Å². The lowest BCUT2D eigenvalue weighted by atomic mass is 9.79. The molecule has 4 rings (SSSR count). The molecule has 1 saturated carbocycles. The average molecular weight is 621 g/mol. The first-order valence-corrected chi connectivity index (χ1v) is 14.1. The molecule has 0 heterocycles. The van der Waals surface area contributed by atoms with Crippen LogP contribution in [-0.2, 0) is 10.3 Å². The minimum absolute atomic E-state index is 0.0958. The highest BCUT2D eigenvalue weighted by atomic mass is 19.4. The Balaban J connectivity index is 0.000000253. The number of anilines is 2. The maximum Gasteiger partial charge on any atom is 0.415 e. The van der Waals surface area contributed by atoms with Gasteiger partial charge >= 0.3 is 6.18 Å². The van der Waals surface area contributed by atoms with Crippen LogP contribution in [-0.4, -0.2) is 25.5 Å². The van der Waals surface area contributed by atoms with Gasteiger partial charge in [0.1, 0.15) is 11.7 Å². The fourth-order valence-corrected chi connectivity index (χ4v) is 4.65. The van der Waals surface area contributed by atoms with Crippen molar-refractivity contribution >= 4 is 23.6 Å². The lowest BCUT2D eigenvalue weighted by molar-refractivity contribution is -0.105. The molecule has 236 valence electrons. The third kappa shape index (κ3) is 9.27. The van der Waals surface area contributed by atoms with Crippen molar-refractivity contribution in [1.29, 1.82) is 10.7 Å². The Bertz CT molecular complexity index is 1620. The number of halogens is 4. The first-order valence-electron chi connectivity index (χ1n) is 14.1. The summed E-state index contributed by atoms with van der Waals surface area (Å²) in [6.45, 7) is 4.56. The zero-order valence-corrected chi connectivity index (χ0v) is 25.1. The molecule has 1 amide bonds. The summed E-state index contributed by atoms with van der Waals surface area (Å²) < 4.78 is 51.2. The number of nitriles is 1. The molecule has 1 fully saturated rings. The number of amides is 1. The van der Waals surface area contributed by atoms with Gasteiger partial charge in [-0.1, -0.05) is 49.8 Å². The second-order valence-corrected chi connectivity index (χ2v) is 10.9. The van der Waals surface area contributed by atoms with E-state index in [0.717, 1.165) is 18.1 Å². The van der Waals surface area contributed by atoms with Crippen LogP contribution in [0.1, 0.15) is 54.9 Å². The molecule has 0 spiro atoms. The number of rotatable bonds is 11. The van der Waals surface area contributed by atoms with Gasteiger partial charge in [0.25, 0.3) is 0 Å². The van der Waals surface area contributed by atoms with Crippen LogP contribution in [0, 0.1) is 28.5 Å². The molecule has 6 N–H and O–H groups in total. The van der Waals surface area contributed by atoms with Crippen molar-refractivity contribution in [1.82, 2.24) is 0 Å². The van der Waals surface area contributed by atoms with Crippen LogP contribution in [0.15, 0.2) is 90.7 Å². The maximum absolute atomic E-state index is 13.9. The zero-order chi connectivity index (χ0) is 33.4. The normalized spacial score (nSPS) is 14.2. The largest absolute Gasteiger partial charge is 0.415 e. The highest BCUT2D eigenvalue weighted by Crippen LogP contribution is 2.40. The van der Waals surface area contributed by atoms with E-state index < -0.39 is 23.1 Å². The van der Waals surface area contributed by atoms with Crippen molar-refractivity contribution in [3.05, 3.63) is 119 Å². The van der Waals surface area contributed by atoms with Crippen LogP contribution in [0.5, 0.6) is 0 Å². The smallest absolute Gasteiger partial charge is 0.384 e. The molecule has 1 aliphatic rings. The van der Waals surface area contributed by atoms with Gasteiger partial charge in [-0.15, -0.1) is 0 Å². The van der Waals surface area contributed by atoms with Gasteiger partial charge in [-0.2, -0.15) is 18.4 Å². The van der Waals surface area contributed by atoms with Gasteiger partial charge in [-0.25, -0.2) is 4.39 Å². The molecule has 0 aromatic heterocycles. The lowest BCUT2D eigenvalue weighted by Crippen LogP contribution is -2.38. The van der Waals surface area contributed by atoms with E-state index in [1.807, 2.05) is 6.07 Å². The van der Waals surface area contributed by atoms with E-state index in [2.05, 4.69) is 18.0 Å². The molecule has 3 aromatic rings. The number of hydrogen-bond donors (Lipinski definition) is 4. The minimum atomic E-state index is -4.44. The number of hydrogen-bond acceptors (Lipinski definition) is 5. The van der Waals surface area contributed by atoms with Gasteiger partial charge in [0.05, 0.1) is 28.4 Å². The first kappa shape index (κ1) is 34.5. The van der Waals surface area contributed by atoms with E-state index >= 15 is 0 Å². The van der Waals surface area contributed by atoms with Gasteiger partial charge in [-0.3, -0.25) is 10.2 Å². The SMILES string of the molecule is C=C(/C=C(/C)N(C)c1cccc(C(=N)N)c1)C(F)(F)F.N#Cc1cccc(C(N)(CCC2CC2)c2ccc(F)c(NC=O)c2)c1. The Morgan fingerprint density at radius 1 is 1.13 bits per heavy atom. The fourth-order valence-electron chi connectivity index (χ4n) is 4.65. The number of allylic oxidation sites excluding steroid dienone is 3. The highest BCUT2D eigenvalue weighted by Gasteiger charge is 2.34. The molecule has 3 aromatic carbocycles. The third-order valence-electron chi connectivity index (χ3n) is 7.67. The maximum atomic E-state index is 13.9. The Morgan fingerprint density at radius 2 is 1.80 bits per heavy atom. The molecule has 1 atom stereocenters. The summed E-state index contributed by atoms with van der Waals surface area (Å²) in [5.41, 5.74) is 14.1. The quantitative estimate of drug-likeness (QED) is 0.0598. The average Bonchev–Trinajstić information content (AvgIpc) is 3.85. The predicted octanol–water partition coefficient (Wildman–Crippen LogP) is 7.09. The van der Waals surface area contributed by atoms with Crippen LogP contribution in [0.2, 0.25) is 0 Å². The number of alkyl halides is 3. The summed E-state index contributed by atoms with van der Waals surface area (Å²) in [7, 11) is 1.63. The Hall–Kier alpha value is -4.95. The number of carbonyl (C=O) groups excluding carboxylic acids is 1. The molecular formula is C34H36F4N6O. The molecular weight excluding hydrogens is 584 g/mol. The Kier molecular flexibility index (Phi) is 11.3. The highest BCUT2D eigenvalue weighted by molar-refractivity contribution is 5.95. The molecule has 0 aliphatic heterocycles. The predicted molar refractivity (Wildman–Crippen MR) is 169 cm³/mol. The van der Waals surface area contributed by atoms with Gasteiger partial charge < -0.3 is 21.7 Å². The number of nitrogens with two attached hydrogens (primary N) is 2. The summed E-state index contributed by atoms with van der Waals surface area (Å²) in [6.07, 6.45) is 1.08. The van der Waals surface area contributed by atoms with E-state index in [1.54, 1.807) is 73.5 Å². The number of carbonyl (C=O) groups is 1. The van der Waals surface area contributed by atoms with Crippen molar-refractivity contribution < 1.29 is 22.4 Å². The second-order valence-electron chi connectivity index (χ2n) is 10.9. The second kappa shape index (κ2) is 14.7. The molecule has 0 saturated heterocycles. The lowest BCUT2D eigenvalue weighted by Gasteiger charge is -2.31. The summed E-state index contributed by atoms with van der Waals surface area (Å²) in [6, 6.07) is 20.6. The van der Waals surface area contributed by atoms with Gasteiger partial charge in [0, 0.05) is 24.0 Å². The number of benzene rings is 3. The van der Waals surface area contributed by atoms with Crippen LogP contribution in [0.3, 0.4) is 0 Å². The van der Waals surface area contributed by atoms with Crippen molar-refractivity contribution in [3.63, 3.8) is 0 Å². The summed E-state index contributed by atoms with van der Waals surface area (Å²) in [5.74, 6) is 0.0860. The van der Waals surface area contributed by atoms with Crippen LogP contribution < -0.4 is 21.7 Å². The van der Waals surface area contributed by atoms with E-state index in [9.17, 15) is 27.6 Å². The monoisotopic (exact) mass is 620 g/mol. The van der Waals surface area contributed by atoms with Crippen molar-refractivity contribution in [2.24, 2.45) is 17.4 Å². The zero-order valence-electron chi connectivity index (χ0n) is 25.1. The van der Waals surface area contributed by atoms with Gasteiger partial charge in [-0.05, 0) is 79.3 Å². The summed E-state index contributed by atoms with van der Waals surface area (Å²) >= 11 is 0. The van der Waals surface area contributed by atoms with Gasteiger partial charge in [0.2, 0.25) is 6.41 Å². The molecule has 0 bridgehead atoms. The molecule has 45 heavy (non-hydrogen) atoms. The molecule has 1 aliphatic carbocycles. The molecule has 1 unspecified atom stereocenters. The van der Waals surface area contributed by atoms with Crippen LogP contribution in [0.4, 0.5) is 28.9 Å². The number of nitrogen functional groups attached to an aromatic ring is 1.